The molecular formula is C25H33N3O3S2. The lowest BCUT2D eigenvalue weighted by molar-refractivity contribution is 0.0960. The van der Waals surface area contributed by atoms with E-state index in [1.807, 2.05) is 19.9 Å². The average molecular weight is 488 g/mol. The number of aromatic nitrogens is 2. The van der Waals surface area contributed by atoms with Crippen LogP contribution in [-0.2, 0) is 33.5 Å². The van der Waals surface area contributed by atoms with Gasteiger partial charge in [-0.1, -0.05) is 56.8 Å². The fraction of sp³-hybridized carbons (Fsp3) is 0.480. The molecule has 6 nitrogen and oxygen atoms in total. The zero-order valence-corrected chi connectivity index (χ0v) is 21.3. The maximum Gasteiger partial charge on any atom is 0.243 e. The minimum atomic E-state index is -3.53. The maximum atomic E-state index is 13.0. The van der Waals surface area contributed by atoms with Gasteiger partial charge < -0.3 is 9.30 Å². The Kier molecular flexibility index (Phi) is 7.79. The summed E-state index contributed by atoms with van der Waals surface area (Å²) in [7, 11) is -3.53. The molecule has 0 N–H and O–H groups in total. The van der Waals surface area contributed by atoms with Crippen molar-refractivity contribution in [3.63, 3.8) is 0 Å². The van der Waals surface area contributed by atoms with Gasteiger partial charge >= 0.3 is 0 Å². The van der Waals surface area contributed by atoms with Crippen LogP contribution in [0.5, 0.6) is 0 Å². The number of nitrogens with zero attached hydrogens (tertiary/aromatic N) is 3. The summed E-state index contributed by atoms with van der Waals surface area (Å²) in [6.45, 7) is 8.30. The van der Waals surface area contributed by atoms with Gasteiger partial charge in [-0.15, -0.1) is 0 Å². The second-order valence-electron chi connectivity index (χ2n) is 8.34. The molecule has 1 aromatic heterocycles. The van der Waals surface area contributed by atoms with Crippen LogP contribution < -0.4 is 0 Å². The van der Waals surface area contributed by atoms with Gasteiger partial charge in [-0.2, -0.15) is 4.31 Å². The van der Waals surface area contributed by atoms with Crippen LogP contribution in [0.25, 0.3) is 11.0 Å². The summed E-state index contributed by atoms with van der Waals surface area (Å²) in [4.78, 5) is 5.17. The Hall–Kier alpha value is -1.87. The first-order valence-electron chi connectivity index (χ1n) is 11.8. The van der Waals surface area contributed by atoms with Crippen LogP contribution in [0.3, 0.4) is 0 Å². The molecule has 0 bridgehead atoms. The van der Waals surface area contributed by atoms with E-state index < -0.39 is 10.0 Å². The van der Waals surface area contributed by atoms with Crippen LogP contribution in [0.2, 0.25) is 0 Å². The van der Waals surface area contributed by atoms with Crippen molar-refractivity contribution in [2.75, 3.05) is 19.7 Å². The summed E-state index contributed by atoms with van der Waals surface area (Å²) in [6.07, 6.45) is 3.32. The fourth-order valence-electron chi connectivity index (χ4n) is 4.26. The van der Waals surface area contributed by atoms with Gasteiger partial charge in [0.25, 0.3) is 0 Å². The van der Waals surface area contributed by atoms with Crippen molar-refractivity contribution in [2.24, 2.45) is 0 Å². The molecule has 2 heterocycles. The number of imidazole rings is 1. The third kappa shape index (κ3) is 5.29. The first kappa shape index (κ1) is 24.3. The highest BCUT2D eigenvalue weighted by Gasteiger charge is 2.24. The molecule has 1 aliphatic heterocycles. The molecule has 0 unspecified atom stereocenters. The van der Waals surface area contributed by atoms with E-state index in [1.165, 1.54) is 15.4 Å². The lowest BCUT2D eigenvalue weighted by Gasteiger charge is -2.18. The van der Waals surface area contributed by atoms with Gasteiger partial charge in [0.05, 0.1) is 28.6 Å². The van der Waals surface area contributed by atoms with Crippen LogP contribution in [-0.4, -0.2) is 48.1 Å². The predicted octanol–water partition coefficient (Wildman–Crippen LogP) is 5.10. The van der Waals surface area contributed by atoms with Crippen LogP contribution >= 0.6 is 11.8 Å². The Morgan fingerprint density at radius 1 is 1.09 bits per heavy atom. The van der Waals surface area contributed by atoms with E-state index in [0.717, 1.165) is 48.8 Å². The van der Waals surface area contributed by atoms with Gasteiger partial charge in [-0.25, -0.2) is 13.4 Å². The van der Waals surface area contributed by atoms with Gasteiger partial charge in [0.15, 0.2) is 5.16 Å². The summed E-state index contributed by atoms with van der Waals surface area (Å²) in [6, 6.07) is 14.0. The number of thioether (sulfide) groups is 1. The highest BCUT2D eigenvalue weighted by atomic mass is 32.2. The molecule has 2 aromatic carbocycles. The van der Waals surface area contributed by atoms with Gasteiger partial charge in [-0.3, -0.25) is 0 Å². The molecule has 0 radical (unpaired) electrons. The second-order valence-corrected chi connectivity index (χ2v) is 11.2. The SMILES string of the molecule is CCc1ccc(CSc2nc3cc(S(=O)(=O)N(CC)CC)ccc3n2C[C@H]2CCCO2)cc1. The summed E-state index contributed by atoms with van der Waals surface area (Å²) in [5.41, 5.74) is 4.24. The van der Waals surface area contributed by atoms with Crippen LogP contribution in [0.1, 0.15) is 44.7 Å². The minimum Gasteiger partial charge on any atom is -0.376 e. The molecule has 1 aliphatic rings. The molecule has 1 fully saturated rings. The molecular weight excluding hydrogens is 454 g/mol. The van der Waals surface area contributed by atoms with Crippen molar-refractivity contribution in [1.82, 2.24) is 13.9 Å². The Morgan fingerprint density at radius 2 is 1.82 bits per heavy atom. The quantitative estimate of drug-likeness (QED) is 0.372. The standard InChI is InChI=1S/C25H33N3O3S2/c1-4-19-9-11-20(12-10-19)18-32-25-26-23-16-22(33(29,30)27(5-2)6-3)13-14-24(23)28(25)17-21-8-7-15-31-21/h9-14,16,21H,4-8,15,17-18H2,1-3H3/t21-/m1/s1. The highest BCUT2D eigenvalue weighted by molar-refractivity contribution is 7.98. The van der Waals surface area contributed by atoms with Crippen molar-refractivity contribution in [1.29, 1.82) is 0 Å². The third-order valence-corrected chi connectivity index (χ3v) is 9.33. The average Bonchev–Trinajstić information content (AvgIpc) is 3.46. The number of hydrogen-bond donors (Lipinski definition) is 0. The van der Waals surface area contributed by atoms with Gasteiger partial charge in [0.1, 0.15) is 0 Å². The number of sulfonamides is 1. The first-order chi connectivity index (χ1) is 16.0. The highest BCUT2D eigenvalue weighted by Crippen LogP contribution is 2.30. The van der Waals surface area contributed by atoms with Gasteiger partial charge in [-0.05, 0) is 48.6 Å². The van der Waals surface area contributed by atoms with E-state index in [-0.39, 0.29) is 6.10 Å². The first-order valence-corrected chi connectivity index (χ1v) is 14.2. The lowest BCUT2D eigenvalue weighted by Crippen LogP contribution is -2.30. The number of fused-ring (bicyclic) bond motifs is 1. The van der Waals surface area contributed by atoms with E-state index in [2.05, 4.69) is 35.8 Å². The van der Waals surface area contributed by atoms with Crippen LogP contribution in [0.15, 0.2) is 52.5 Å². The number of rotatable bonds is 10. The van der Waals surface area contributed by atoms with Crippen LogP contribution in [0.4, 0.5) is 0 Å². The molecule has 178 valence electrons. The Morgan fingerprint density at radius 3 is 2.45 bits per heavy atom. The summed E-state index contributed by atoms with van der Waals surface area (Å²) >= 11 is 1.69. The van der Waals surface area contributed by atoms with Gasteiger partial charge in [0, 0.05) is 25.4 Å². The molecule has 0 aliphatic carbocycles. The summed E-state index contributed by atoms with van der Waals surface area (Å²) in [5.74, 6) is 0.809. The van der Waals surface area contributed by atoms with Crippen molar-refractivity contribution < 1.29 is 13.2 Å². The van der Waals surface area contributed by atoms with Gasteiger partial charge in [0.2, 0.25) is 10.0 Å². The Labute approximate surface area is 201 Å². The van der Waals surface area contributed by atoms with Crippen molar-refractivity contribution in [3.8, 4) is 0 Å². The lowest BCUT2D eigenvalue weighted by atomic mass is 10.1. The largest absolute Gasteiger partial charge is 0.376 e. The molecule has 0 saturated carbocycles. The summed E-state index contributed by atoms with van der Waals surface area (Å²) in [5, 5.41) is 0.900. The van der Waals surface area contributed by atoms with Crippen molar-refractivity contribution in [2.45, 2.75) is 68.5 Å². The topological polar surface area (TPSA) is 64.4 Å². The van der Waals surface area contributed by atoms with E-state index in [0.29, 0.717) is 23.5 Å². The summed E-state index contributed by atoms with van der Waals surface area (Å²) < 4.78 is 35.6. The molecule has 4 rings (SSSR count). The van der Waals surface area contributed by atoms with E-state index in [4.69, 9.17) is 9.72 Å². The maximum absolute atomic E-state index is 13.0. The smallest absolute Gasteiger partial charge is 0.243 e. The molecule has 8 heteroatoms. The van der Waals surface area contributed by atoms with E-state index in [9.17, 15) is 8.42 Å². The molecule has 1 atom stereocenters. The molecule has 0 spiro atoms. The number of ether oxygens (including phenoxy) is 1. The van der Waals surface area contributed by atoms with E-state index in [1.54, 1.807) is 23.9 Å². The number of aryl methyl sites for hydroxylation is 1. The fourth-order valence-corrected chi connectivity index (χ4v) is 6.72. The Bertz CT molecular complexity index is 1180. The molecule has 33 heavy (non-hydrogen) atoms. The Balaban J connectivity index is 1.67. The predicted molar refractivity (Wildman–Crippen MR) is 134 cm³/mol. The molecule has 0 amide bonds. The zero-order chi connectivity index (χ0) is 23.4. The van der Waals surface area contributed by atoms with E-state index >= 15 is 0 Å². The van der Waals surface area contributed by atoms with Crippen LogP contribution in [0, 0.1) is 0 Å². The third-order valence-electron chi connectivity index (χ3n) is 6.24. The minimum absolute atomic E-state index is 0.171. The molecule has 1 saturated heterocycles. The molecule has 3 aromatic rings. The number of hydrogen-bond acceptors (Lipinski definition) is 5. The second kappa shape index (κ2) is 10.6. The normalized spacial score (nSPS) is 16.8. The number of benzene rings is 2. The van der Waals surface area contributed by atoms with Crippen molar-refractivity contribution >= 4 is 32.8 Å². The monoisotopic (exact) mass is 487 g/mol. The van der Waals surface area contributed by atoms with Crippen molar-refractivity contribution in [3.05, 3.63) is 53.6 Å². The zero-order valence-electron chi connectivity index (χ0n) is 19.7.